The molecular weight excluding hydrogens is 295 g/mol. The molecule has 0 fully saturated rings. The number of aryl methyl sites for hydroxylation is 2. The molecule has 8 heteroatoms. The van der Waals surface area contributed by atoms with Crippen LogP contribution in [0.1, 0.15) is 17.2 Å². The van der Waals surface area contributed by atoms with Crippen LogP contribution in [0.5, 0.6) is 0 Å². The van der Waals surface area contributed by atoms with Crippen LogP contribution in [-0.2, 0) is 23.6 Å². The zero-order valence-electron chi connectivity index (χ0n) is 12.3. The summed E-state index contributed by atoms with van der Waals surface area (Å²) in [6, 6.07) is 4.01. The van der Waals surface area contributed by atoms with Crippen molar-refractivity contribution < 1.29 is 12.8 Å². The fourth-order valence-corrected chi connectivity index (χ4v) is 3.12. The molecule has 0 saturated carbocycles. The van der Waals surface area contributed by atoms with E-state index in [9.17, 15) is 12.8 Å². The molecule has 21 heavy (non-hydrogen) atoms. The van der Waals surface area contributed by atoms with Gasteiger partial charge in [0.15, 0.2) is 0 Å². The number of nitrogens with zero attached hydrogens (tertiary/aromatic N) is 4. The molecule has 1 aromatic heterocycles. The van der Waals surface area contributed by atoms with Crippen molar-refractivity contribution in [3.05, 3.63) is 41.2 Å². The van der Waals surface area contributed by atoms with Gasteiger partial charge in [0.1, 0.15) is 22.4 Å². The lowest BCUT2D eigenvalue weighted by Gasteiger charge is -2.17. The SMILES string of the molecule is Cc1ccc(F)c(S(=O)(=O)N(C)Cc2nnc(C)n2C)c1. The molecule has 1 aromatic carbocycles. The molecule has 6 nitrogen and oxygen atoms in total. The van der Waals surface area contributed by atoms with Crippen molar-refractivity contribution in [1.29, 1.82) is 0 Å². The van der Waals surface area contributed by atoms with E-state index in [1.54, 1.807) is 25.5 Å². The van der Waals surface area contributed by atoms with E-state index in [4.69, 9.17) is 0 Å². The number of halogens is 1. The molecule has 0 radical (unpaired) electrons. The third-order valence-corrected chi connectivity index (χ3v) is 5.14. The zero-order chi connectivity index (χ0) is 15.8. The standard InChI is InChI=1S/C13H17FN4O2S/c1-9-5-6-11(14)12(7-9)21(19,20)17(3)8-13-16-15-10(2)18(13)4/h5-7H,8H2,1-4H3. The summed E-state index contributed by atoms with van der Waals surface area (Å²) < 4.78 is 41.5. The van der Waals surface area contributed by atoms with Crippen LogP contribution in [0.4, 0.5) is 4.39 Å². The highest BCUT2D eigenvalue weighted by molar-refractivity contribution is 7.89. The van der Waals surface area contributed by atoms with Crippen molar-refractivity contribution in [3.8, 4) is 0 Å². The van der Waals surface area contributed by atoms with Gasteiger partial charge in [-0.05, 0) is 31.5 Å². The van der Waals surface area contributed by atoms with E-state index in [1.807, 2.05) is 0 Å². The van der Waals surface area contributed by atoms with Crippen LogP contribution < -0.4 is 0 Å². The summed E-state index contributed by atoms with van der Waals surface area (Å²) in [5.74, 6) is 0.408. The molecule has 0 aliphatic carbocycles. The molecule has 0 amide bonds. The number of hydrogen-bond acceptors (Lipinski definition) is 4. The Morgan fingerprint density at radius 1 is 1.29 bits per heavy atom. The molecular formula is C13H17FN4O2S. The average molecular weight is 312 g/mol. The minimum atomic E-state index is -3.92. The number of rotatable bonds is 4. The Bertz CT molecular complexity index is 770. The first-order valence-electron chi connectivity index (χ1n) is 6.31. The molecule has 0 aliphatic heterocycles. The van der Waals surface area contributed by atoms with Crippen molar-refractivity contribution in [1.82, 2.24) is 19.1 Å². The second-order valence-corrected chi connectivity index (χ2v) is 6.93. The maximum atomic E-state index is 13.8. The van der Waals surface area contributed by atoms with Crippen LogP contribution in [-0.4, -0.2) is 34.5 Å². The van der Waals surface area contributed by atoms with Crippen LogP contribution in [0.3, 0.4) is 0 Å². The predicted molar refractivity (Wildman–Crippen MR) is 75.5 cm³/mol. The van der Waals surface area contributed by atoms with Gasteiger partial charge in [-0.1, -0.05) is 6.07 Å². The van der Waals surface area contributed by atoms with Gasteiger partial charge in [0, 0.05) is 14.1 Å². The van der Waals surface area contributed by atoms with Crippen molar-refractivity contribution in [2.24, 2.45) is 7.05 Å². The van der Waals surface area contributed by atoms with Crippen molar-refractivity contribution in [3.63, 3.8) is 0 Å². The number of aromatic nitrogens is 3. The Morgan fingerprint density at radius 2 is 1.95 bits per heavy atom. The Morgan fingerprint density at radius 3 is 2.52 bits per heavy atom. The summed E-state index contributed by atoms with van der Waals surface area (Å²) in [6.07, 6.45) is 0. The van der Waals surface area contributed by atoms with Crippen LogP contribution in [0.15, 0.2) is 23.1 Å². The minimum absolute atomic E-state index is 0.0209. The van der Waals surface area contributed by atoms with Gasteiger partial charge < -0.3 is 4.57 Å². The van der Waals surface area contributed by atoms with Crippen molar-refractivity contribution >= 4 is 10.0 Å². The van der Waals surface area contributed by atoms with Crippen molar-refractivity contribution in [2.75, 3.05) is 7.05 Å². The van der Waals surface area contributed by atoms with E-state index in [1.165, 1.54) is 19.2 Å². The van der Waals surface area contributed by atoms with E-state index < -0.39 is 15.8 Å². The first-order chi connectivity index (χ1) is 9.73. The lowest BCUT2D eigenvalue weighted by atomic mass is 10.2. The molecule has 114 valence electrons. The molecule has 2 aromatic rings. The van der Waals surface area contributed by atoms with Crippen LogP contribution in [0.25, 0.3) is 0 Å². The molecule has 0 unspecified atom stereocenters. The van der Waals surface area contributed by atoms with Crippen LogP contribution >= 0.6 is 0 Å². The van der Waals surface area contributed by atoms with Crippen LogP contribution in [0, 0.1) is 19.7 Å². The minimum Gasteiger partial charge on any atom is -0.317 e. The van der Waals surface area contributed by atoms with Gasteiger partial charge in [-0.15, -0.1) is 10.2 Å². The Balaban J connectivity index is 2.35. The second kappa shape index (κ2) is 5.53. The molecule has 0 saturated heterocycles. The first-order valence-corrected chi connectivity index (χ1v) is 7.75. The lowest BCUT2D eigenvalue weighted by molar-refractivity contribution is 0.444. The summed E-state index contributed by atoms with van der Waals surface area (Å²) in [6.45, 7) is 3.50. The van der Waals surface area contributed by atoms with E-state index in [-0.39, 0.29) is 11.4 Å². The third kappa shape index (κ3) is 2.96. The average Bonchev–Trinajstić information content (AvgIpc) is 2.73. The number of hydrogen-bond donors (Lipinski definition) is 0. The van der Waals surface area contributed by atoms with Gasteiger partial charge in [-0.25, -0.2) is 12.8 Å². The van der Waals surface area contributed by atoms with E-state index in [0.29, 0.717) is 17.2 Å². The highest BCUT2D eigenvalue weighted by Crippen LogP contribution is 2.20. The van der Waals surface area contributed by atoms with Gasteiger partial charge in [-0.3, -0.25) is 0 Å². The second-order valence-electron chi connectivity index (χ2n) is 4.92. The summed E-state index contributed by atoms with van der Waals surface area (Å²) >= 11 is 0. The van der Waals surface area contributed by atoms with Gasteiger partial charge >= 0.3 is 0 Å². The number of benzene rings is 1. The predicted octanol–water partition coefficient (Wildman–Crippen LogP) is 1.39. The maximum absolute atomic E-state index is 13.8. The normalized spacial score (nSPS) is 12.1. The zero-order valence-corrected chi connectivity index (χ0v) is 13.1. The van der Waals surface area contributed by atoms with Gasteiger partial charge in [0.2, 0.25) is 10.0 Å². The Kier molecular flexibility index (Phi) is 4.11. The molecule has 0 bridgehead atoms. The highest BCUT2D eigenvalue weighted by Gasteiger charge is 2.26. The molecule has 1 heterocycles. The highest BCUT2D eigenvalue weighted by atomic mass is 32.2. The smallest absolute Gasteiger partial charge is 0.246 e. The molecule has 2 rings (SSSR count). The van der Waals surface area contributed by atoms with E-state index >= 15 is 0 Å². The van der Waals surface area contributed by atoms with Gasteiger partial charge in [-0.2, -0.15) is 4.31 Å². The Hall–Kier alpha value is -1.80. The number of sulfonamides is 1. The monoisotopic (exact) mass is 312 g/mol. The van der Waals surface area contributed by atoms with E-state index in [2.05, 4.69) is 10.2 Å². The third-order valence-electron chi connectivity index (χ3n) is 3.32. The summed E-state index contributed by atoms with van der Waals surface area (Å²) in [4.78, 5) is -0.330. The topological polar surface area (TPSA) is 68.1 Å². The van der Waals surface area contributed by atoms with Crippen LogP contribution in [0.2, 0.25) is 0 Å². The fourth-order valence-electron chi connectivity index (χ4n) is 1.85. The van der Waals surface area contributed by atoms with Gasteiger partial charge in [0.05, 0.1) is 6.54 Å². The summed E-state index contributed by atoms with van der Waals surface area (Å²) in [7, 11) is -0.782. The first kappa shape index (κ1) is 15.6. The fraction of sp³-hybridized carbons (Fsp3) is 0.385. The largest absolute Gasteiger partial charge is 0.317 e. The Labute approximate surface area is 123 Å². The molecule has 0 N–H and O–H groups in total. The maximum Gasteiger partial charge on any atom is 0.246 e. The lowest BCUT2D eigenvalue weighted by Crippen LogP contribution is -2.28. The van der Waals surface area contributed by atoms with E-state index in [0.717, 1.165) is 10.4 Å². The van der Waals surface area contributed by atoms with Gasteiger partial charge in [0.25, 0.3) is 0 Å². The quantitative estimate of drug-likeness (QED) is 0.855. The van der Waals surface area contributed by atoms with Crippen molar-refractivity contribution in [2.45, 2.75) is 25.3 Å². The summed E-state index contributed by atoms with van der Waals surface area (Å²) in [5, 5.41) is 7.79. The molecule has 0 spiro atoms. The summed E-state index contributed by atoms with van der Waals surface area (Å²) in [5.41, 5.74) is 0.679. The molecule has 0 aliphatic rings. The molecule has 0 atom stereocenters.